The molecule has 0 saturated heterocycles. The standard InChI is InChI=1S/C17H11NO4/c19-17-12-3-1-2-4-13(12)18-16(22-17)8-6-11-5-7-14-15(9-11)21-10-20-14/h1-9H,10H2. The molecule has 0 N–H and O–H groups in total. The summed E-state index contributed by atoms with van der Waals surface area (Å²) < 4.78 is 15.8. The number of para-hydroxylation sites is 1. The Balaban J connectivity index is 1.69. The van der Waals surface area contributed by atoms with Crippen LogP contribution < -0.4 is 15.1 Å². The highest BCUT2D eigenvalue weighted by Gasteiger charge is 2.12. The number of ether oxygens (including phenoxy) is 2. The molecular formula is C17H11NO4. The van der Waals surface area contributed by atoms with Crippen molar-refractivity contribution in [2.75, 3.05) is 6.79 Å². The molecular weight excluding hydrogens is 282 g/mol. The Morgan fingerprint density at radius 1 is 1.00 bits per heavy atom. The van der Waals surface area contributed by atoms with Gasteiger partial charge in [0.2, 0.25) is 12.7 Å². The predicted octanol–water partition coefficient (Wildman–Crippen LogP) is 3.09. The van der Waals surface area contributed by atoms with E-state index in [1.807, 2.05) is 30.3 Å². The zero-order chi connectivity index (χ0) is 14.9. The Bertz CT molecular complexity index is 943. The summed E-state index contributed by atoms with van der Waals surface area (Å²) in [5.41, 5.74) is 1.13. The van der Waals surface area contributed by atoms with E-state index in [1.54, 1.807) is 24.3 Å². The fourth-order valence-corrected chi connectivity index (χ4v) is 2.29. The number of aromatic nitrogens is 1. The molecule has 2 aromatic carbocycles. The second kappa shape index (κ2) is 5.04. The number of nitrogens with zero attached hydrogens (tertiary/aromatic N) is 1. The first-order valence-electron chi connectivity index (χ1n) is 6.77. The maximum absolute atomic E-state index is 11.9. The number of benzene rings is 2. The first kappa shape index (κ1) is 12.6. The van der Waals surface area contributed by atoms with Crippen LogP contribution in [0.5, 0.6) is 11.5 Å². The predicted molar refractivity (Wildman–Crippen MR) is 81.8 cm³/mol. The van der Waals surface area contributed by atoms with Crippen molar-refractivity contribution in [1.29, 1.82) is 0 Å². The van der Waals surface area contributed by atoms with Gasteiger partial charge in [0.25, 0.3) is 0 Å². The van der Waals surface area contributed by atoms with Gasteiger partial charge in [0.05, 0.1) is 10.9 Å². The molecule has 0 unspecified atom stereocenters. The molecule has 0 fully saturated rings. The Labute approximate surface area is 125 Å². The molecule has 0 spiro atoms. The van der Waals surface area contributed by atoms with Crippen molar-refractivity contribution in [3.8, 4) is 11.5 Å². The van der Waals surface area contributed by atoms with Crippen LogP contribution in [0.1, 0.15) is 11.5 Å². The molecule has 0 saturated carbocycles. The second-order valence-corrected chi connectivity index (χ2v) is 4.80. The van der Waals surface area contributed by atoms with E-state index in [0.717, 1.165) is 11.3 Å². The molecule has 5 heteroatoms. The topological polar surface area (TPSA) is 61.6 Å². The van der Waals surface area contributed by atoms with Crippen LogP contribution in [0.15, 0.2) is 51.7 Å². The van der Waals surface area contributed by atoms with Crippen LogP contribution in [-0.2, 0) is 0 Å². The SMILES string of the molecule is O=c1oc(C=Cc2ccc3c(c2)OCO3)nc2ccccc12. The molecule has 0 radical (unpaired) electrons. The summed E-state index contributed by atoms with van der Waals surface area (Å²) >= 11 is 0. The minimum absolute atomic E-state index is 0.240. The summed E-state index contributed by atoms with van der Waals surface area (Å²) in [6.07, 6.45) is 3.47. The third-order valence-corrected chi connectivity index (χ3v) is 3.37. The second-order valence-electron chi connectivity index (χ2n) is 4.80. The van der Waals surface area contributed by atoms with Crippen LogP contribution in [0, 0.1) is 0 Å². The van der Waals surface area contributed by atoms with E-state index in [1.165, 1.54) is 0 Å². The molecule has 0 amide bonds. The van der Waals surface area contributed by atoms with Gasteiger partial charge in [-0.2, -0.15) is 0 Å². The van der Waals surface area contributed by atoms with Crippen LogP contribution >= 0.6 is 0 Å². The van der Waals surface area contributed by atoms with E-state index < -0.39 is 5.63 Å². The van der Waals surface area contributed by atoms with Crippen molar-refractivity contribution in [2.24, 2.45) is 0 Å². The Kier molecular flexibility index (Phi) is 2.89. The summed E-state index contributed by atoms with van der Waals surface area (Å²) in [5, 5.41) is 0.475. The average molecular weight is 293 g/mol. The molecule has 22 heavy (non-hydrogen) atoms. The van der Waals surface area contributed by atoms with Gasteiger partial charge in [-0.25, -0.2) is 9.78 Å². The van der Waals surface area contributed by atoms with Crippen LogP contribution in [0.3, 0.4) is 0 Å². The summed E-state index contributed by atoms with van der Waals surface area (Å²) in [6, 6.07) is 12.7. The van der Waals surface area contributed by atoms with Gasteiger partial charge in [0.1, 0.15) is 0 Å². The van der Waals surface area contributed by atoms with Gasteiger partial charge in [-0.15, -0.1) is 0 Å². The van der Waals surface area contributed by atoms with Crippen LogP contribution in [0.4, 0.5) is 0 Å². The number of hydrogen-bond acceptors (Lipinski definition) is 5. The van der Waals surface area contributed by atoms with Gasteiger partial charge in [0, 0.05) is 6.08 Å². The number of fused-ring (bicyclic) bond motifs is 2. The Morgan fingerprint density at radius 3 is 2.82 bits per heavy atom. The van der Waals surface area contributed by atoms with Crippen molar-refractivity contribution in [3.05, 3.63) is 64.3 Å². The van der Waals surface area contributed by atoms with Gasteiger partial charge < -0.3 is 13.9 Å². The molecule has 0 aliphatic carbocycles. The van der Waals surface area contributed by atoms with Gasteiger partial charge in [-0.3, -0.25) is 0 Å². The van der Waals surface area contributed by atoms with E-state index in [9.17, 15) is 4.79 Å². The minimum atomic E-state index is -0.393. The fraction of sp³-hybridized carbons (Fsp3) is 0.0588. The van der Waals surface area contributed by atoms with E-state index >= 15 is 0 Å². The van der Waals surface area contributed by atoms with Gasteiger partial charge in [-0.1, -0.05) is 18.2 Å². The molecule has 1 aromatic heterocycles. The number of hydrogen-bond donors (Lipinski definition) is 0. The van der Waals surface area contributed by atoms with Crippen molar-refractivity contribution in [3.63, 3.8) is 0 Å². The summed E-state index contributed by atoms with van der Waals surface area (Å²) in [7, 11) is 0. The fourth-order valence-electron chi connectivity index (χ4n) is 2.29. The largest absolute Gasteiger partial charge is 0.454 e. The highest BCUT2D eigenvalue weighted by atomic mass is 16.7. The monoisotopic (exact) mass is 293 g/mol. The minimum Gasteiger partial charge on any atom is -0.454 e. The van der Waals surface area contributed by atoms with Crippen LogP contribution in [-0.4, -0.2) is 11.8 Å². The molecule has 2 heterocycles. The summed E-state index contributed by atoms with van der Waals surface area (Å²) in [4.78, 5) is 16.2. The molecule has 0 atom stereocenters. The normalized spacial score (nSPS) is 13.1. The van der Waals surface area contributed by atoms with Gasteiger partial charge >= 0.3 is 5.63 Å². The van der Waals surface area contributed by atoms with Crippen molar-refractivity contribution in [2.45, 2.75) is 0 Å². The molecule has 4 rings (SSSR count). The molecule has 3 aromatic rings. The van der Waals surface area contributed by atoms with E-state index in [0.29, 0.717) is 16.7 Å². The zero-order valence-electron chi connectivity index (χ0n) is 11.5. The molecule has 0 bridgehead atoms. The highest BCUT2D eigenvalue weighted by molar-refractivity contribution is 5.78. The highest BCUT2D eigenvalue weighted by Crippen LogP contribution is 2.32. The Hall–Kier alpha value is -3.08. The maximum Gasteiger partial charge on any atom is 0.347 e. The summed E-state index contributed by atoms with van der Waals surface area (Å²) in [6.45, 7) is 0.240. The van der Waals surface area contributed by atoms with Crippen molar-refractivity contribution in [1.82, 2.24) is 4.98 Å². The lowest BCUT2D eigenvalue weighted by molar-refractivity contribution is 0.174. The molecule has 1 aliphatic heterocycles. The van der Waals surface area contributed by atoms with Crippen LogP contribution in [0.25, 0.3) is 23.1 Å². The van der Waals surface area contributed by atoms with Crippen molar-refractivity contribution < 1.29 is 13.9 Å². The Morgan fingerprint density at radius 2 is 1.86 bits per heavy atom. The zero-order valence-corrected chi connectivity index (χ0v) is 11.5. The molecule has 108 valence electrons. The lowest BCUT2D eigenvalue weighted by Crippen LogP contribution is -2.02. The van der Waals surface area contributed by atoms with Gasteiger partial charge in [-0.05, 0) is 35.9 Å². The van der Waals surface area contributed by atoms with E-state index in [4.69, 9.17) is 13.9 Å². The third kappa shape index (κ3) is 2.22. The van der Waals surface area contributed by atoms with E-state index in [-0.39, 0.29) is 12.7 Å². The average Bonchev–Trinajstić information content (AvgIpc) is 3.00. The maximum atomic E-state index is 11.9. The van der Waals surface area contributed by atoms with Crippen molar-refractivity contribution >= 4 is 23.1 Å². The summed E-state index contributed by atoms with van der Waals surface area (Å²) in [5.74, 6) is 1.70. The first-order chi connectivity index (χ1) is 10.8. The smallest absolute Gasteiger partial charge is 0.347 e. The van der Waals surface area contributed by atoms with Gasteiger partial charge in [0.15, 0.2) is 11.5 Å². The number of rotatable bonds is 2. The van der Waals surface area contributed by atoms with Crippen LogP contribution in [0.2, 0.25) is 0 Å². The van der Waals surface area contributed by atoms with E-state index in [2.05, 4.69) is 4.98 Å². The molecule has 5 nitrogen and oxygen atoms in total. The third-order valence-electron chi connectivity index (χ3n) is 3.37. The molecule has 1 aliphatic rings. The quantitative estimate of drug-likeness (QED) is 0.726. The lowest BCUT2D eigenvalue weighted by atomic mass is 10.2. The first-order valence-corrected chi connectivity index (χ1v) is 6.77. The lowest BCUT2D eigenvalue weighted by Gasteiger charge is -1.98.